The summed E-state index contributed by atoms with van der Waals surface area (Å²) in [5, 5.41) is 3.13. The monoisotopic (exact) mass is 466 g/mol. The second-order valence-electron chi connectivity index (χ2n) is 6.89. The van der Waals surface area contributed by atoms with E-state index >= 15 is 0 Å². The smallest absolute Gasteiger partial charge is 0.261 e. The molecule has 7 nitrogen and oxygen atoms in total. The number of para-hydroxylation sites is 2. The van der Waals surface area contributed by atoms with Crippen molar-refractivity contribution < 1.29 is 13.2 Å². The first-order valence-electron chi connectivity index (χ1n) is 9.66. The summed E-state index contributed by atoms with van der Waals surface area (Å²) in [6.45, 7) is 0.266. The number of halogens is 1. The third kappa shape index (κ3) is 4.82. The lowest BCUT2D eigenvalue weighted by atomic mass is 10.1. The average molecular weight is 467 g/mol. The molecule has 0 saturated carbocycles. The highest BCUT2D eigenvalue weighted by atomic mass is 35.5. The molecule has 0 bridgehead atoms. The standard InChI is InChI=1S/C23H19ClN4O3S/c24-20-9-2-3-10-21(20)27-32(30,31)19-8-5-7-17(14-19)23(29)26-15-18-6-1-4-11-22(18)28-13-12-25-16-28/h1-14,16,27H,15H2,(H,26,29). The first-order valence-corrected chi connectivity index (χ1v) is 11.5. The summed E-state index contributed by atoms with van der Waals surface area (Å²) in [6, 6.07) is 20.0. The molecule has 0 fully saturated rings. The fourth-order valence-electron chi connectivity index (χ4n) is 3.14. The van der Waals surface area contributed by atoms with Gasteiger partial charge in [0.2, 0.25) is 0 Å². The third-order valence-electron chi connectivity index (χ3n) is 4.74. The van der Waals surface area contributed by atoms with Gasteiger partial charge in [0.25, 0.3) is 15.9 Å². The molecular weight excluding hydrogens is 448 g/mol. The van der Waals surface area contributed by atoms with E-state index in [1.807, 2.05) is 35.0 Å². The molecule has 0 aliphatic carbocycles. The van der Waals surface area contributed by atoms with Gasteiger partial charge >= 0.3 is 0 Å². The minimum Gasteiger partial charge on any atom is -0.348 e. The van der Waals surface area contributed by atoms with Crippen molar-refractivity contribution in [3.8, 4) is 5.69 Å². The molecule has 4 aromatic rings. The second kappa shape index (κ2) is 9.25. The number of aromatic nitrogens is 2. The zero-order chi connectivity index (χ0) is 22.6. The molecular formula is C23H19ClN4O3S. The minimum absolute atomic E-state index is 0.0381. The molecule has 0 saturated heterocycles. The van der Waals surface area contributed by atoms with Gasteiger partial charge in [-0.2, -0.15) is 0 Å². The number of sulfonamides is 1. The van der Waals surface area contributed by atoms with Crippen LogP contribution >= 0.6 is 11.6 Å². The van der Waals surface area contributed by atoms with Crippen molar-refractivity contribution in [1.29, 1.82) is 0 Å². The largest absolute Gasteiger partial charge is 0.348 e. The van der Waals surface area contributed by atoms with Gasteiger partial charge in [-0.05, 0) is 42.0 Å². The molecule has 0 aliphatic rings. The Morgan fingerprint density at radius 1 is 1.00 bits per heavy atom. The Morgan fingerprint density at radius 3 is 2.56 bits per heavy atom. The number of carbonyl (C=O) groups excluding carboxylic acids is 1. The number of carbonyl (C=O) groups is 1. The van der Waals surface area contributed by atoms with Gasteiger partial charge in [0.05, 0.1) is 27.6 Å². The lowest BCUT2D eigenvalue weighted by molar-refractivity contribution is 0.0950. The molecule has 4 rings (SSSR count). The van der Waals surface area contributed by atoms with Gasteiger partial charge in [-0.3, -0.25) is 9.52 Å². The van der Waals surface area contributed by atoms with E-state index in [-0.39, 0.29) is 33.6 Å². The number of rotatable bonds is 7. The quantitative estimate of drug-likeness (QED) is 0.425. The Kier molecular flexibility index (Phi) is 6.25. The summed E-state index contributed by atoms with van der Waals surface area (Å²) in [5.41, 5.74) is 2.28. The third-order valence-corrected chi connectivity index (χ3v) is 6.43. The van der Waals surface area contributed by atoms with Gasteiger partial charge < -0.3 is 9.88 Å². The maximum Gasteiger partial charge on any atom is 0.261 e. The molecule has 9 heteroatoms. The Hall–Kier alpha value is -3.62. The van der Waals surface area contributed by atoms with E-state index < -0.39 is 10.0 Å². The molecule has 1 heterocycles. The normalized spacial score (nSPS) is 11.2. The van der Waals surface area contributed by atoms with Gasteiger partial charge in [0.1, 0.15) is 0 Å². The van der Waals surface area contributed by atoms with Crippen LogP contribution in [0.5, 0.6) is 0 Å². The minimum atomic E-state index is -3.92. The van der Waals surface area contributed by atoms with Crippen molar-refractivity contribution in [2.24, 2.45) is 0 Å². The Balaban J connectivity index is 1.51. The number of amides is 1. The number of imidazole rings is 1. The molecule has 1 aromatic heterocycles. The van der Waals surface area contributed by atoms with Crippen molar-refractivity contribution in [3.63, 3.8) is 0 Å². The molecule has 0 unspecified atom stereocenters. The lowest BCUT2D eigenvalue weighted by Crippen LogP contribution is -2.24. The highest BCUT2D eigenvalue weighted by Gasteiger charge is 2.18. The SMILES string of the molecule is O=C(NCc1ccccc1-n1ccnc1)c1cccc(S(=O)(=O)Nc2ccccc2Cl)c1. The molecule has 2 N–H and O–H groups in total. The molecule has 0 radical (unpaired) electrons. The van der Waals surface area contributed by atoms with Crippen LogP contribution in [0.15, 0.2) is 96.4 Å². The topological polar surface area (TPSA) is 93.1 Å². The summed E-state index contributed by atoms with van der Waals surface area (Å²) in [4.78, 5) is 16.8. The van der Waals surface area contributed by atoms with Crippen molar-refractivity contribution in [1.82, 2.24) is 14.9 Å². The molecule has 32 heavy (non-hydrogen) atoms. The molecule has 0 spiro atoms. The first kappa shape index (κ1) is 21.6. The average Bonchev–Trinajstić information content (AvgIpc) is 3.34. The van der Waals surface area contributed by atoms with Crippen LogP contribution in [-0.2, 0) is 16.6 Å². The van der Waals surface area contributed by atoms with Gasteiger partial charge in [0.15, 0.2) is 0 Å². The summed E-state index contributed by atoms with van der Waals surface area (Å²) in [5.74, 6) is -0.389. The van der Waals surface area contributed by atoms with E-state index in [9.17, 15) is 13.2 Å². The fourth-order valence-corrected chi connectivity index (χ4v) is 4.51. The molecule has 1 amide bonds. The summed E-state index contributed by atoms with van der Waals surface area (Å²) >= 11 is 6.05. The van der Waals surface area contributed by atoms with E-state index in [4.69, 9.17) is 11.6 Å². The van der Waals surface area contributed by atoms with Crippen LogP contribution in [0.25, 0.3) is 5.69 Å². The number of anilines is 1. The maximum absolute atomic E-state index is 12.8. The zero-order valence-corrected chi connectivity index (χ0v) is 18.3. The van der Waals surface area contributed by atoms with Crippen molar-refractivity contribution in [2.45, 2.75) is 11.4 Å². The number of benzene rings is 3. The van der Waals surface area contributed by atoms with Crippen LogP contribution in [0, 0.1) is 0 Å². The van der Waals surface area contributed by atoms with Crippen LogP contribution in [0.1, 0.15) is 15.9 Å². The van der Waals surface area contributed by atoms with E-state index in [0.717, 1.165) is 11.3 Å². The molecule has 0 aliphatic heterocycles. The van der Waals surface area contributed by atoms with Gasteiger partial charge in [-0.15, -0.1) is 0 Å². The Labute approximate surface area is 190 Å². The summed E-state index contributed by atoms with van der Waals surface area (Å²) in [6.07, 6.45) is 5.18. The predicted octanol–water partition coefficient (Wildman–Crippen LogP) is 4.26. The fraction of sp³-hybridized carbons (Fsp3) is 0.0435. The molecule has 0 atom stereocenters. The van der Waals surface area contributed by atoms with Crippen molar-refractivity contribution in [3.05, 3.63) is 108 Å². The summed E-state index contributed by atoms with van der Waals surface area (Å²) < 4.78 is 29.9. The Bertz CT molecular complexity index is 1360. The van der Waals surface area contributed by atoms with Crippen LogP contribution < -0.4 is 10.0 Å². The second-order valence-corrected chi connectivity index (χ2v) is 8.98. The predicted molar refractivity (Wildman–Crippen MR) is 123 cm³/mol. The lowest BCUT2D eigenvalue weighted by Gasteiger charge is -2.12. The number of nitrogens with one attached hydrogen (secondary N) is 2. The zero-order valence-electron chi connectivity index (χ0n) is 16.8. The Morgan fingerprint density at radius 2 is 1.78 bits per heavy atom. The number of nitrogens with zero attached hydrogens (tertiary/aromatic N) is 2. The highest BCUT2D eigenvalue weighted by Crippen LogP contribution is 2.24. The molecule has 3 aromatic carbocycles. The number of hydrogen-bond acceptors (Lipinski definition) is 4. The maximum atomic E-state index is 12.8. The van der Waals surface area contributed by atoms with Gasteiger partial charge in [0, 0.05) is 24.5 Å². The van der Waals surface area contributed by atoms with Crippen LogP contribution in [0.4, 0.5) is 5.69 Å². The van der Waals surface area contributed by atoms with E-state index in [2.05, 4.69) is 15.0 Å². The highest BCUT2D eigenvalue weighted by molar-refractivity contribution is 7.92. The van der Waals surface area contributed by atoms with Crippen molar-refractivity contribution in [2.75, 3.05) is 4.72 Å². The van der Waals surface area contributed by atoms with Gasteiger partial charge in [-0.1, -0.05) is 48.0 Å². The molecule has 162 valence electrons. The summed E-state index contributed by atoms with van der Waals surface area (Å²) in [7, 11) is -3.92. The van der Waals surface area contributed by atoms with Crippen LogP contribution in [0.3, 0.4) is 0 Å². The van der Waals surface area contributed by atoms with Gasteiger partial charge in [-0.25, -0.2) is 13.4 Å². The van der Waals surface area contributed by atoms with Crippen LogP contribution in [-0.4, -0.2) is 23.9 Å². The van der Waals surface area contributed by atoms with E-state index in [1.165, 1.54) is 18.2 Å². The number of hydrogen-bond donors (Lipinski definition) is 2. The first-order chi connectivity index (χ1) is 15.4. The van der Waals surface area contributed by atoms with Crippen molar-refractivity contribution >= 4 is 33.2 Å². The van der Waals surface area contributed by atoms with Crippen LogP contribution in [0.2, 0.25) is 5.02 Å². The van der Waals surface area contributed by atoms with E-state index in [1.54, 1.807) is 42.9 Å². The van der Waals surface area contributed by atoms with E-state index in [0.29, 0.717) is 0 Å².